The lowest BCUT2D eigenvalue weighted by Gasteiger charge is -2.16. The maximum Gasteiger partial charge on any atom is 0.416 e. The standard InChI is InChI=1S/C12H19F3N4O/c1-3-5-16-10-6-11(19-9(4-2)18-10)17-7-8(20)12(13,14)15/h6,8,20H,3-5,7H2,1-2H3,(H2,16,17,18,19). The van der Waals surface area contributed by atoms with Crippen molar-refractivity contribution in [1.82, 2.24) is 9.97 Å². The third kappa shape index (κ3) is 5.20. The normalized spacial score (nSPS) is 13.1. The molecule has 0 aliphatic rings. The molecule has 1 unspecified atom stereocenters. The smallest absolute Gasteiger partial charge is 0.382 e. The molecular formula is C12H19F3N4O. The van der Waals surface area contributed by atoms with Crippen molar-refractivity contribution in [2.75, 3.05) is 23.7 Å². The molecule has 8 heteroatoms. The summed E-state index contributed by atoms with van der Waals surface area (Å²) in [4.78, 5) is 8.29. The Kier molecular flexibility index (Phi) is 6.00. The molecule has 0 saturated heterocycles. The van der Waals surface area contributed by atoms with Crippen LogP contribution in [0.3, 0.4) is 0 Å². The SMILES string of the molecule is CCCNc1cc(NCC(O)C(F)(F)F)nc(CC)n1. The van der Waals surface area contributed by atoms with E-state index in [1.165, 1.54) is 6.07 Å². The number of aryl methyl sites for hydroxylation is 1. The molecule has 1 rings (SSSR count). The summed E-state index contributed by atoms with van der Waals surface area (Å²) < 4.78 is 36.6. The average Bonchev–Trinajstić information content (AvgIpc) is 2.41. The average molecular weight is 292 g/mol. The number of aromatic nitrogens is 2. The minimum atomic E-state index is -4.64. The van der Waals surface area contributed by atoms with Gasteiger partial charge in [0.15, 0.2) is 6.10 Å². The fraction of sp³-hybridized carbons (Fsp3) is 0.667. The molecule has 114 valence electrons. The Morgan fingerprint density at radius 2 is 1.80 bits per heavy atom. The zero-order chi connectivity index (χ0) is 15.2. The van der Waals surface area contributed by atoms with E-state index in [1.807, 2.05) is 13.8 Å². The van der Waals surface area contributed by atoms with E-state index in [4.69, 9.17) is 5.11 Å². The lowest BCUT2D eigenvalue weighted by Crippen LogP contribution is -2.35. The molecular weight excluding hydrogens is 273 g/mol. The summed E-state index contributed by atoms with van der Waals surface area (Å²) in [5.41, 5.74) is 0. The molecule has 1 aromatic rings. The van der Waals surface area contributed by atoms with E-state index in [0.717, 1.165) is 6.42 Å². The van der Waals surface area contributed by atoms with Gasteiger partial charge < -0.3 is 15.7 Å². The molecule has 0 fully saturated rings. The summed E-state index contributed by atoms with van der Waals surface area (Å²) in [6.07, 6.45) is -5.59. The van der Waals surface area contributed by atoms with Gasteiger partial charge in [-0.3, -0.25) is 0 Å². The predicted octanol–water partition coefficient (Wildman–Crippen LogP) is 2.20. The van der Waals surface area contributed by atoms with Crippen LogP contribution in [0.4, 0.5) is 24.8 Å². The zero-order valence-corrected chi connectivity index (χ0v) is 11.5. The molecule has 3 N–H and O–H groups in total. The molecule has 1 heterocycles. The van der Waals surface area contributed by atoms with Crippen LogP contribution in [0, 0.1) is 0 Å². The second-order valence-corrected chi connectivity index (χ2v) is 4.27. The first-order valence-corrected chi connectivity index (χ1v) is 6.47. The summed E-state index contributed by atoms with van der Waals surface area (Å²) >= 11 is 0. The van der Waals surface area contributed by atoms with Crippen LogP contribution in [0.5, 0.6) is 0 Å². The predicted molar refractivity (Wildman–Crippen MR) is 70.7 cm³/mol. The van der Waals surface area contributed by atoms with Gasteiger partial charge in [-0.25, -0.2) is 9.97 Å². The topological polar surface area (TPSA) is 70.1 Å². The minimum Gasteiger partial charge on any atom is -0.382 e. The third-order valence-electron chi connectivity index (χ3n) is 2.50. The number of nitrogens with zero attached hydrogens (tertiary/aromatic N) is 2. The largest absolute Gasteiger partial charge is 0.416 e. The van der Waals surface area contributed by atoms with E-state index in [2.05, 4.69) is 20.6 Å². The van der Waals surface area contributed by atoms with Crippen LogP contribution in [0.25, 0.3) is 0 Å². The number of aliphatic hydroxyl groups is 1. The van der Waals surface area contributed by atoms with Crippen molar-refractivity contribution in [1.29, 1.82) is 0 Å². The Hall–Kier alpha value is -1.57. The van der Waals surface area contributed by atoms with Crippen molar-refractivity contribution in [2.24, 2.45) is 0 Å². The van der Waals surface area contributed by atoms with Crippen molar-refractivity contribution in [3.05, 3.63) is 11.9 Å². The third-order valence-corrected chi connectivity index (χ3v) is 2.50. The van der Waals surface area contributed by atoms with Gasteiger partial charge in [0.1, 0.15) is 17.5 Å². The summed E-state index contributed by atoms with van der Waals surface area (Å²) in [7, 11) is 0. The summed E-state index contributed by atoms with van der Waals surface area (Å²) in [5, 5.41) is 14.5. The Morgan fingerprint density at radius 1 is 1.20 bits per heavy atom. The first-order valence-electron chi connectivity index (χ1n) is 6.47. The second kappa shape index (κ2) is 7.28. The van der Waals surface area contributed by atoms with Crippen molar-refractivity contribution in [3.63, 3.8) is 0 Å². The fourth-order valence-electron chi connectivity index (χ4n) is 1.41. The van der Waals surface area contributed by atoms with Gasteiger partial charge in [-0.15, -0.1) is 0 Å². The highest BCUT2D eigenvalue weighted by Crippen LogP contribution is 2.20. The summed E-state index contributed by atoms with van der Waals surface area (Å²) in [6.45, 7) is 3.92. The fourth-order valence-corrected chi connectivity index (χ4v) is 1.41. The minimum absolute atomic E-state index is 0.263. The van der Waals surface area contributed by atoms with E-state index in [0.29, 0.717) is 24.6 Å². The van der Waals surface area contributed by atoms with E-state index in [-0.39, 0.29) is 5.82 Å². The molecule has 0 radical (unpaired) electrons. The molecule has 0 aliphatic carbocycles. The second-order valence-electron chi connectivity index (χ2n) is 4.27. The first-order chi connectivity index (χ1) is 9.36. The van der Waals surface area contributed by atoms with E-state index in [1.54, 1.807) is 0 Å². The highest BCUT2D eigenvalue weighted by atomic mass is 19.4. The Labute approximate surface area is 115 Å². The molecule has 0 spiro atoms. The van der Waals surface area contributed by atoms with E-state index in [9.17, 15) is 13.2 Å². The lowest BCUT2D eigenvalue weighted by molar-refractivity contribution is -0.198. The summed E-state index contributed by atoms with van der Waals surface area (Å²) in [5.74, 6) is 1.34. The number of halogens is 3. The Morgan fingerprint density at radius 3 is 2.30 bits per heavy atom. The lowest BCUT2D eigenvalue weighted by atomic mass is 10.3. The van der Waals surface area contributed by atoms with Gasteiger partial charge in [0.25, 0.3) is 0 Å². The number of aliphatic hydroxyl groups excluding tert-OH is 1. The van der Waals surface area contributed by atoms with Crippen LogP contribution in [-0.2, 0) is 6.42 Å². The Bertz CT molecular complexity index is 426. The maximum atomic E-state index is 12.2. The molecule has 20 heavy (non-hydrogen) atoms. The molecule has 0 bridgehead atoms. The summed E-state index contributed by atoms with van der Waals surface area (Å²) in [6, 6.07) is 1.53. The number of alkyl halides is 3. The van der Waals surface area contributed by atoms with Crippen molar-refractivity contribution >= 4 is 11.6 Å². The van der Waals surface area contributed by atoms with Gasteiger partial charge >= 0.3 is 6.18 Å². The van der Waals surface area contributed by atoms with E-state index < -0.39 is 18.8 Å². The van der Waals surface area contributed by atoms with Crippen LogP contribution >= 0.6 is 0 Å². The van der Waals surface area contributed by atoms with E-state index >= 15 is 0 Å². The van der Waals surface area contributed by atoms with Gasteiger partial charge in [0, 0.05) is 19.0 Å². The molecule has 0 aromatic carbocycles. The molecule has 5 nitrogen and oxygen atoms in total. The number of nitrogens with one attached hydrogen (secondary N) is 2. The number of hydrogen-bond donors (Lipinski definition) is 3. The Balaban J connectivity index is 2.73. The van der Waals surface area contributed by atoms with Gasteiger partial charge in [-0.2, -0.15) is 13.2 Å². The molecule has 1 aromatic heterocycles. The molecule has 0 saturated carbocycles. The quantitative estimate of drug-likeness (QED) is 0.718. The van der Waals surface area contributed by atoms with Gasteiger partial charge in [-0.1, -0.05) is 13.8 Å². The van der Waals surface area contributed by atoms with Crippen molar-refractivity contribution < 1.29 is 18.3 Å². The molecule has 0 amide bonds. The number of anilines is 2. The van der Waals surface area contributed by atoms with Crippen LogP contribution in [0.1, 0.15) is 26.1 Å². The first kappa shape index (κ1) is 16.5. The number of rotatable bonds is 7. The molecule has 1 atom stereocenters. The highest BCUT2D eigenvalue weighted by Gasteiger charge is 2.37. The maximum absolute atomic E-state index is 12.2. The zero-order valence-electron chi connectivity index (χ0n) is 11.5. The van der Waals surface area contributed by atoms with Crippen LogP contribution in [0.2, 0.25) is 0 Å². The van der Waals surface area contributed by atoms with Gasteiger partial charge in [0.05, 0.1) is 6.54 Å². The van der Waals surface area contributed by atoms with Gasteiger partial charge in [-0.05, 0) is 6.42 Å². The highest BCUT2D eigenvalue weighted by molar-refractivity contribution is 5.47. The monoisotopic (exact) mass is 292 g/mol. The molecule has 0 aliphatic heterocycles. The van der Waals surface area contributed by atoms with Crippen molar-refractivity contribution in [2.45, 2.75) is 39.0 Å². The number of hydrogen-bond acceptors (Lipinski definition) is 5. The van der Waals surface area contributed by atoms with Gasteiger partial charge in [0.2, 0.25) is 0 Å². The van der Waals surface area contributed by atoms with Crippen LogP contribution < -0.4 is 10.6 Å². The van der Waals surface area contributed by atoms with Crippen molar-refractivity contribution in [3.8, 4) is 0 Å². The van der Waals surface area contributed by atoms with Crippen LogP contribution in [-0.4, -0.2) is 40.4 Å². The van der Waals surface area contributed by atoms with Crippen LogP contribution in [0.15, 0.2) is 6.07 Å².